The first-order chi connectivity index (χ1) is 7.38. The highest BCUT2D eigenvalue weighted by Crippen LogP contribution is 2.11. The predicted molar refractivity (Wildman–Crippen MR) is 60.6 cm³/mol. The zero-order valence-electron chi connectivity index (χ0n) is 9.29. The fraction of sp³-hybridized carbons (Fsp3) is 0.500. The molecule has 0 bridgehead atoms. The molecular weight excluding hydrogens is 190 g/mol. The SMILES string of the molecule is C=CCCCOCc1occc1CNC. The van der Waals surface area contributed by atoms with Gasteiger partial charge in [0.05, 0.1) is 6.26 Å². The number of unbranched alkanes of at least 4 members (excludes halogenated alkanes) is 1. The first-order valence-electron chi connectivity index (χ1n) is 5.27. The van der Waals surface area contributed by atoms with Gasteiger partial charge in [0.1, 0.15) is 12.4 Å². The van der Waals surface area contributed by atoms with Crippen molar-refractivity contribution in [1.29, 1.82) is 0 Å². The number of furan rings is 1. The highest BCUT2D eigenvalue weighted by molar-refractivity contribution is 5.15. The van der Waals surface area contributed by atoms with E-state index in [4.69, 9.17) is 9.15 Å². The largest absolute Gasteiger partial charge is 0.467 e. The van der Waals surface area contributed by atoms with E-state index in [9.17, 15) is 0 Å². The van der Waals surface area contributed by atoms with Crippen LogP contribution in [0.2, 0.25) is 0 Å². The topological polar surface area (TPSA) is 34.4 Å². The number of rotatable bonds is 8. The Morgan fingerprint density at radius 3 is 3.20 bits per heavy atom. The van der Waals surface area contributed by atoms with Crippen molar-refractivity contribution >= 4 is 0 Å². The van der Waals surface area contributed by atoms with Gasteiger partial charge in [-0.05, 0) is 26.0 Å². The van der Waals surface area contributed by atoms with Crippen molar-refractivity contribution in [3.8, 4) is 0 Å². The van der Waals surface area contributed by atoms with E-state index in [0.29, 0.717) is 6.61 Å². The lowest BCUT2D eigenvalue weighted by Gasteiger charge is -2.03. The molecule has 1 N–H and O–H groups in total. The third-order valence-corrected chi connectivity index (χ3v) is 2.13. The minimum absolute atomic E-state index is 0.557. The molecule has 0 unspecified atom stereocenters. The van der Waals surface area contributed by atoms with Crippen molar-refractivity contribution < 1.29 is 9.15 Å². The average Bonchev–Trinajstić information content (AvgIpc) is 2.66. The Morgan fingerprint density at radius 2 is 2.47 bits per heavy atom. The third-order valence-electron chi connectivity index (χ3n) is 2.13. The summed E-state index contributed by atoms with van der Waals surface area (Å²) in [6.45, 7) is 5.80. The fourth-order valence-electron chi connectivity index (χ4n) is 1.34. The Labute approximate surface area is 91.1 Å². The maximum Gasteiger partial charge on any atom is 0.133 e. The standard InChI is InChI=1S/C12H19NO2/c1-3-4-5-7-14-10-12-11(9-13-2)6-8-15-12/h3,6,8,13H,1,4-5,7,9-10H2,2H3. The van der Waals surface area contributed by atoms with E-state index in [0.717, 1.165) is 31.8 Å². The Kier molecular flexibility index (Phi) is 5.81. The van der Waals surface area contributed by atoms with Crippen molar-refractivity contribution in [2.45, 2.75) is 26.0 Å². The third kappa shape index (κ3) is 4.32. The number of nitrogens with one attached hydrogen (secondary N) is 1. The summed E-state index contributed by atoms with van der Waals surface area (Å²) < 4.78 is 10.8. The summed E-state index contributed by atoms with van der Waals surface area (Å²) in [6.07, 6.45) is 5.63. The summed E-state index contributed by atoms with van der Waals surface area (Å²) >= 11 is 0. The molecule has 0 aliphatic heterocycles. The molecule has 0 aromatic carbocycles. The normalized spacial score (nSPS) is 10.5. The van der Waals surface area contributed by atoms with Crippen molar-refractivity contribution in [3.63, 3.8) is 0 Å². The minimum Gasteiger partial charge on any atom is -0.467 e. The van der Waals surface area contributed by atoms with E-state index in [-0.39, 0.29) is 0 Å². The first-order valence-corrected chi connectivity index (χ1v) is 5.27. The monoisotopic (exact) mass is 209 g/mol. The lowest BCUT2D eigenvalue weighted by Crippen LogP contribution is -2.06. The van der Waals surface area contributed by atoms with Crippen LogP contribution in [0.1, 0.15) is 24.2 Å². The maximum atomic E-state index is 5.50. The maximum absolute atomic E-state index is 5.50. The van der Waals surface area contributed by atoms with Gasteiger partial charge in [-0.2, -0.15) is 0 Å². The number of hydrogen-bond acceptors (Lipinski definition) is 3. The summed E-state index contributed by atoms with van der Waals surface area (Å²) in [5.41, 5.74) is 1.17. The van der Waals surface area contributed by atoms with Gasteiger partial charge in [-0.15, -0.1) is 6.58 Å². The van der Waals surface area contributed by atoms with Crippen molar-refractivity contribution in [1.82, 2.24) is 5.32 Å². The lowest BCUT2D eigenvalue weighted by molar-refractivity contribution is 0.104. The molecule has 0 fully saturated rings. The Morgan fingerprint density at radius 1 is 1.60 bits per heavy atom. The van der Waals surface area contributed by atoms with Gasteiger partial charge in [0, 0.05) is 18.7 Å². The van der Waals surface area contributed by atoms with Crippen LogP contribution in [0.3, 0.4) is 0 Å². The number of hydrogen-bond donors (Lipinski definition) is 1. The molecule has 84 valence electrons. The van der Waals surface area contributed by atoms with Gasteiger partial charge < -0.3 is 14.5 Å². The first kappa shape index (κ1) is 12.0. The Balaban J connectivity index is 2.24. The average molecular weight is 209 g/mol. The van der Waals surface area contributed by atoms with E-state index in [1.807, 2.05) is 19.2 Å². The van der Waals surface area contributed by atoms with Crippen LogP contribution < -0.4 is 5.32 Å². The van der Waals surface area contributed by atoms with Crippen LogP contribution in [-0.4, -0.2) is 13.7 Å². The van der Waals surface area contributed by atoms with Crippen LogP contribution in [0.4, 0.5) is 0 Å². The molecule has 3 heteroatoms. The second-order valence-corrected chi connectivity index (χ2v) is 3.38. The molecule has 0 amide bonds. The molecule has 15 heavy (non-hydrogen) atoms. The van der Waals surface area contributed by atoms with Crippen LogP contribution in [0, 0.1) is 0 Å². The molecule has 0 saturated heterocycles. The van der Waals surface area contributed by atoms with Gasteiger partial charge in [0.25, 0.3) is 0 Å². The highest BCUT2D eigenvalue weighted by Gasteiger charge is 2.04. The molecule has 0 aliphatic carbocycles. The molecule has 0 atom stereocenters. The van der Waals surface area contributed by atoms with Gasteiger partial charge in [-0.25, -0.2) is 0 Å². The molecule has 1 rings (SSSR count). The summed E-state index contributed by atoms with van der Waals surface area (Å²) in [5, 5.41) is 3.09. The zero-order valence-corrected chi connectivity index (χ0v) is 9.29. The quantitative estimate of drug-likeness (QED) is 0.527. The molecule has 1 heterocycles. The molecule has 0 saturated carbocycles. The van der Waals surface area contributed by atoms with Crippen molar-refractivity contribution in [3.05, 3.63) is 36.3 Å². The Hall–Kier alpha value is -1.06. The predicted octanol–water partition coefficient (Wildman–Crippen LogP) is 2.48. The van der Waals surface area contributed by atoms with Crippen LogP contribution in [0.25, 0.3) is 0 Å². The highest BCUT2D eigenvalue weighted by atomic mass is 16.5. The number of allylic oxidation sites excluding steroid dienone is 1. The summed E-state index contributed by atoms with van der Waals surface area (Å²) in [4.78, 5) is 0. The summed E-state index contributed by atoms with van der Waals surface area (Å²) in [7, 11) is 1.92. The molecular formula is C12H19NO2. The van der Waals surface area contributed by atoms with Crippen LogP contribution in [-0.2, 0) is 17.9 Å². The molecule has 3 nitrogen and oxygen atoms in total. The lowest BCUT2D eigenvalue weighted by atomic mass is 10.2. The Bertz CT molecular complexity index is 281. The molecule has 0 radical (unpaired) electrons. The molecule has 1 aromatic rings. The van der Waals surface area contributed by atoms with Gasteiger partial charge in [0.15, 0.2) is 0 Å². The zero-order chi connectivity index (χ0) is 10.9. The van der Waals surface area contributed by atoms with Gasteiger partial charge in [-0.3, -0.25) is 0 Å². The van der Waals surface area contributed by atoms with Crippen molar-refractivity contribution in [2.75, 3.05) is 13.7 Å². The van der Waals surface area contributed by atoms with Gasteiger partial charge in [-0.1, -0.05) is 6.08 Å². The van der Waals surface area contributed by atoms with Crippen LogP contribution in [0.5, 0.6) is 0 Å². The van der Waals surface area contributed by atoms with Crippen LogP contribution >= 0.6 is 0 Å². The summed E-state index contributed by atoms with van der Waals surface area (Å²) in [6, 6.07) is 1.97. The number of ether oxygens (including phenoxy) is 1. The van der Waals surface area contributed by atoms with Gasteiger partial charge >= 0.3 is 0 Å². The second-order valence-electron chi connectivity index (χ2n) is 3.38. The second kappa shape index (κ2) is 7.26. The van der Waals surface area contributed by atoms with E-state index < -0.39 is 0 Å². The van der Waals surface area contributed by atoms with E-state index in [2.05, 4.69) is 11.9 Å². The smallest absolute Gasteiger partial charge is 0.133 e. The van der Waals surface area contributed by atoms with E-state index >= 15 is 0 Å². The van der Waals surface area contributed by atoms with Crippen molar-refractivity contribution in [2.24, 2.45) is 0 Å². The van der Waals surface area contributed by atoms with E-state index in [1.54, 1.807) is 6.26 Å². The fourth-order valence-corrected chi connectivity index (χ4v) is 1.34. The molecule has 1 aromatic heterocycles. The van der Waals surface area contributed by atoms with E-state index in [1.165, 1.54) is 5.56 Å². The molecule has 0 aliphatic rings. The molecule has 0 spiro atoms. The minimum atomic E-state index is 0.557. The van der Waals surface area contributed by atoms with Gasteiger partial charge in [0.2, 0.25) is 0 Å². The summed E-state index contributed by atoms with van der Waals surface area (Å²) in [5.74, 6) is 0.919. The van der Waals surface area contributed by atoms with Crippen LogP contribution in [0.15, 0.2) is 29.4 Å².